The Bertz CT molecular complexity index is 765. The molecule has 1 N–H and O–H groups in total. The average molecular weight is 293 g/mol. The van der Waals surface area contributed by atoms with Gasteiger partial charge in [-0.15, -0.1) is 0 Å². The molecule has 1 aromatic carbocycles. The van der Waals surface area contributed by atoms with Gasteiger partial charge in [0.2, 0.25) is 5.88 Å². The van der Waals surface area contributed by atoms with Crippen molar-refractivity contribution in [2.75, 3.05) is 5.32 Å². The highest BCUT2D eigenvalue weighted by Crippen LogP contribution is 2.22. The molecule has 7 heteroatoms. The molecule has 7 nitrogen and oxygen atoms in total. The summed E-state index contributed by atoms with van der Waals surface area (Å²) in [7, 11) is 0. The molecular weight excluding hydrogens is 282 g/mol. The van der Waals surface area contributed by atoms with Crippen LogP contribution in [-0.4, -0.2) is 25.8 Å². The number of rotatable bonds is 4. The van der Waals surface area contributed by atoms with Crippen LogP contribution in [-0.2, 0) is 0 Å². The molecule has 0 aliphatic rings. The summed E-state index contributed by atoms with van der Waals surface area (Å²) in [4.78, 5) is 27.7. The van der Waals surface area contributed by atoms with Gasteiger partial charge in [0.1, 0.15) is 11.4 Å². The van der Waals surface area contributed by atoms with Gasteiger partial charge < -0.3 is 10.1 Å². The topological polar surface area (TPSA) is 89.9 Å². The molecule has 0 unspecified atom stereocenters. The minimum absolute atomic E-state index is 0.239. The molecule has 2 heterocycles. The van der Waals surface area contributed by atoms with Gasteiger partial charge in [0, 0.05) is 36.5 Å². The van der Waals surface area contributed by atoms with Crippen molar-refractivity contribution < 1.29 is 9.53 Å². The molecule has 3 aromatic rings. The highest BCUT2D eigenvalue weighted by Gasteiger charge is 2.08. The normalized spacial score (nSPS) is 10.0. The van der Waals surface area contributed by atoms with Gasteiger partial charge in [-0.05, 0) is 12.1 Å². The van der Waals surface area contributed by atoms with E-state index in [-0.39, 0.29) is 11.6 Å². The molecule has 0 spiro atoms. The predicted octanol–water partition coefficient (Wildman–Crippen LogP) is 2.31. The van der Waals surface area contributed by atoms with Gasteiger partial charge in [0.25, 0.3) is 5.91 Å². The molecule has 2 aromatic heterocycles. The fourth-order valence-electron chi connectivity index (χ4n) is 1.71. The Labute approximate surface area is 126 Å². The van der Waals surface area contributed by atoms with Crippen LogP contribution >= 0.6 is 0 Å². The van der Waals surface area contributed by atoms with Crippen LogP contribution < -0.4 is 10.1 Å². The Morgan fingerprint density at radius 1 is 1.00 bits per heavy atom. The fourth-order valence-corrected chi connectivity index (χ4v) is 1.71. The molecule has 108 valence electrons. The van der Waals surface area contributed by atoms with Crippen LogP contribution in [0.1, 0.15) is 10.5 Å². The van der Waals surface area contributed by atoms with Crippen molar-refractivity contribution >= 4 is 11.6 Å². The van der Waals surface area contributed by atoms with E-state index >= 15 is 0 Å². The number of nitrogens with zero attached hydrogens (tertiary/aromatic N) is 4. The standard InChI is InChI=1S/C15H11N5O2/c21-15(13-9-16-4-6-18-13)20-11-2-1-3-12(8-11)22-14-10-17-5-7-19-14/h1-10H,(H,20,21). The van der Waals surface area contributed by atoms with Crippen LogP contribution in [0, 0.1) is 0 Å². The van der Waals surface area contributed by atoms with E-state index in [1.165, 1.54) is 31.0 Å². The number of aromatic nitrogens is 4. The molecule has 3 rings (SSSR count). The van der Waals surface area contributed by atoms with E-state index in [0.29, 0.717) is 17.3 Å². The summed E-state index contributed by atoms with van der Waals surface area (Å²) >= 11 is 0. The van der Waals surface area contributed by atoms with Gasteiger partial charge in [-0.1, -0.05) is 6.07 Å². The maximum atomic E-state index is 12.0. The van der Waals surface area contributed by atoms with Crippen molar-refractivity contribution in [1.82, 2.24) is 19.9 Å². The van der Waals surface area contributed by atoms with Crippen molar-refractivity contribution in [2.24, 2.45) is 0 Å². The van der Waals surface area contributed by atoms with Crippen LogP contribution in [0.5, 0.6) is 11.6 Å². The van der Waals surface area contributed by atoms with E-state index in [0.717, 1.165) is 0 Å². The van der Waals surface area contributed by atoms with Crippen LogP contribution in [0.3, 0.4) is 0 Å². The van der Waals surface area contributed by atoms with E-state index < -0.39 is 0 Å². The third kappa shape index (κ3) is 3.40. The zero-order valence-corrected chi connectivity index (χ0v) is 11.4. The number of ether oxygens (including phenoxy) is 1. The summed E-state index contributed by atoms with van der Waals surface area (Å²) in [5.74, 6) is 0.571. The minimum Gasteiger partial charge on any atom is -0.437 e. The fraction of sp³-hybridized carbons (Fsp3) is 0. The van der Waals surface area contributed by atoms with E-state index in [1.807, 2.05) is 0 Å². The van der Waals surface area contributed by atoms with Crippen molar-refractivity contribution in [1.29, 1.82) is 0 Å². The molecule has 0 aliphatic heterocycles. The monoisotopic (exact) mass is 293 g/mol. The number of amides is 1. The molecule has 0 radical (unpaired) electrons. The van der Waals surface area contributed by atoms with Crippen molar-refractivity contribution in [3.63, 3.8) is 0 Å². The Hall–Kier alpha value is -3.35. The first-order chi connectivity index (χ1) is 10.8. The SMILES string of the molecule is O=C(Nc1cccc(Oc2cnccn2)c1)c1cnccn1. The summed E-state index contributed by atoms with van der Waals surface area (Å²) in [5, 5.41) is 2.73. The molecule has 0 aliphatic carbocycles. The Kier molecular flexibility index (Phi) is 3.96. The zero-order chi connectivity index (χ0) is 15.2. The van der Waals surface area contributed by atoms with Crippen LogP contribution in [0.4, 0.5) is 5.69 Å². The lowest BCUT2D eigenvalue weighted by atomic mass is 10.3. The number of nitrogens with one attached hydrogen (secondary N) is 1. The van der Waals surface area contributed by atoms with Crippen LogP contribution in [0.25, 0.3) is 0 Å². The second-order valence-electron chi connectivity index (χ2n) is 4.22. The number of hydrogen-bond donors (Lipinski definition) is 1. The zero-order valence-electron chi connectivity index (χ0n) is 11.4. The number of anilines is 1. The van der Waals surface area contributed by atoms with Gasteiger partial charge in [-0.3, -0.25) is 14.8 Å². The van der Waals surface area contributed by atoms with Gasteiger partial charge >= 0.3 is 0 Å². The van der Waals surface area contributed by atoms with E-state index in [2.05, 4.69) is 25.3 Å². The molecule has 0 saturated carbocycles. The lowest BCUT2D eigenvalue weighted by Gasteiger charge is -2.07. The highest BCUT2D eigenvalue weighted by atomic mass is 16.5. The minimum atomic E-state index is -0.343. The summed E-state index contributed by atoms with van der Waals surface area (Å²) in [6.07, 6.45) is 8.97. The average Bonchev–Trinajstić information content (AvgIpc) is 2.57. The first-order valence-corrected chi connectivity index (χ1v) is 6.42. The maximum absolute atomic E-state index is 12.0. The third-order valence-electron chi connectivity index (χ3n) is 2.65. The van der Waals surface area contributed by atoms with E-state index in [4.69, 9.17) is 4.74 Å². The third-order valence-corrected chi connectivity index (χ3v) is 2.65. The maximum Gasteiger partial charge on any atom is 0.275 e. The highest BCUT2D eigenvalue weighted by molar-refractivity contribution is 6.02. The molecule has 0 fully saturated rings. The Balaban J connectivity index is 1.73. The predicted molar refractivity (Wildman–Crippen MR) is 78.5 cm³/mol. The number of carbonyl (C=O) groups excluding carboxylic acids is 1. The largest absolute Gasteiger partial charge is 0.437 e. The van der Waals surface area contributed by atoms with Crippen LogP contribution in [0.15, 0.2) is 61.4 Å². The molecule has 0 atom stereocenters. The number of carbonyl (C=O) groups is 1. The van der Waals surface area contributed by atoms with Gasteiger partial charge in [0.15, 0.2) is 0 Å². The van der Waals surface area contributed by atoms with Crippen molar-refractivity contribution in [3.05, 3.63) is 67.1 Å². The van der Waals surface area contributed by atoms with Crippen molar-refractivity contribution in [3.8, 4) is 11.6 Å². The van der Waals surface area contributed by atoms with Crippen molar-refractivity contribution in [2.45, 2.75) is 0 Å². The lowest BCUT2D eigenvalue weighted by Crippen LogP contribution is -2.13. The lowest BCUT2D eigenvalue weighted by molar-refractivity contribution is 0.102. The molecule has 22 heavy (non-hydrogen) atoms. The number of benzene rings is 1. The molecule has 1 amide bonds. The summed E-state index contributed by atoms with van der Waals surface area (Å²) in [5.41, 5.74) is 0.819. The Morgan fingerprint density at radius 3 is 2.55 bits per heavy atom. The van der Waals surface area contributed by atoms with Gasteiger partial charge in [0.05, 0.1) is 12.4 Å². The second-order valence-corrected chi connectivity index (χ2v) is 4.22. The number of hydrogen-bond acceptors (Lipinski definition) is 6. The second kappa shape index (κ2) is 6.40. The first kappa shape index (κ1) is 13.6. The summed E-state index contributed by atoms with van der Waals surface area (Å²) in [6, 6.07) is 6.95. The molecular formula is C15H11N5O2. The summed E-state index contributed by atoms with van der Waals surface area (Å²) < 4.78 is 5.55. The molecule has 0 saturated heterocycles. The smallest absolute Gasteiger partial charge is 0.275 e. The van der Waals surface area contributed by atoms with E-state index in [9.17, 15) is 4.79 Å². The van der Waals surface area contributed by atoms with Gasteiger partial charge in [-0.25, -0.2) is 9.97 Å². The van der Waals surface area contributed by atoms with Crippen LogP contribution in [0.2, 0.25) is 0 Å². The van der Waals surface area contributed by atoms with E-state index in [1.54, 1.807) is 30.5 Å². The van der Waals surface area contributed by atoms with Gasteiger partial charge in [-0.2, -0.15) is 0 Å². The Morgan fingerprint density at radius 2 is 1.82 bits per heavy atom. The first-order valence-electron chi connectivity index (χ1n) is 6.42. The summed E-state index contributed by atoms with van der Waals surface area (Å²) in [6.45, 7) is 0. The quantitative estimate of drug-likeness (QED) is 0.794. The molecule has 0 bridgehead atoms.